The lowest BCUT2D eigenvalue weighted by Crippen LogP contribution is -2.34. The van der Waals surface area contributed by atoms with Crippen molar-refractivity contribution in [3.05, 3.63) is 28.8 Å². The summed E-state index contributed by atoms with van der Waals surface area (Å²) in [6, 6.07) is 4.23. The predicted molar refractivity (Wildman–Crippen MR) is 70.9 cm³/mol. The smallest absolute Gasteiger partial charge is 0.252 e. The quantitative estimate of drug-likeness (QED) is 0.769. The Morgan fingerprint density at radius 3 is 2.72 bits per heavy atom. The Morgan fingerprint density at radius 1 is 1.44 bits per heavy atom. The summed E-state index contributed by atoms with van der Waals surface area (Å²) in [7, 11) is 0. The van der Waals surface area contributed by atoms with Crippen LogP contribution in [0.15, 0.2) is 18.2 Å². The van der Waals surface area contributed by atoms with Gasteiger partial charge in [0, 0.05) is 13.2 Å². The highest BCUT2D eigenvalue weighted by Gasteiger charge is 2.19. The van der Waals surface area contributed by atoms with Crippen molar-refractivity contribution in [3.63, 3.8) is 0 Å². The highest BCUT2D eigenvalue weighted by Crippen LogP contribution is 2.22. The zero-order chi connectivity index (χ0) is 13.8. The van der Waals surface area contributed by atoms with Gasteiger partial charge in [0.25, 0.3) is 5.91 Å². The van der Waals surface area contributed by atoms with Crippen molar-refractivity contribution in [2.24, 2.45) is 5.41 Å². The second-order valence-electron chi connectivity index (χ2n) is 4.98. The number of hydrogen-bond acceptors (Lipinski definition) is 3. The first-order valence-corrected chi connectivity index (χ1v) is 6.11. The summed E-state index contributed by atoms with van der Waals surface area (Å²) in [5.74, 6) is -0.332. The molecule has 0 aliphatic rings. The van der Waals surface area contributed by atoms with Gasteiger partial charge in [-0.1, -0.05) is 25.4 Å². The second-order valence-corrected chi connectivity index (χ2v) is 5.39. The minimum absolute atomic E-state index is 0.000770. The molecule has 0 heterocycles. The molecule has 0 fully saturated rings. The highest BCUT2D eigenvalue weighted by atomic mass is 35.5. The molecule has 0 bridgehead atoms. The van der Waals surface area contributed by atoms with Crippen molar-refractivity contribution >= 4 is 17.5 Å². The van der Waals surface area contributed by atoms with Crippen LogP contribution in [0.2, 0.25) is 5.02 Å². The molecule has 0 aromatic heterocycles. The number of hydrogen-bond donors (Lipinski definition) is 3. The van der Waals surface area contributed by atoms with Gasteiger partial charge in [-0.05, 0) is 30.0 Å². The average Bonchev–Trinajstić information content (AvgIpc) is 2.29. The Morgan fingerprint density at radius 2 is 2.11 bits per heavy atom. The van der Waals surface area contributed by atoms with E-state index in [2.05, 4.69) is 5.32 Å². The van der Waals surface area contributed by atoms with Crippen molar-refractivity contribution in [2.75, 3.05) is 13.2 Å². The van der Waals surface area contributed by atoms with E-state index in [1.54, 1.807) is 0 Å². The standard InChI is InChI=1S/C13H18ClNO3/c1-13(2,5-6-16)8-15-12(18)10-7-9(17)3-4-11(10)14/h3-4,7,16-17H,5-6,8H2,1-2H3,(H,15,18). The Hall–Kier alpha value is -1.26. The number of carbonyl (C=O) groups is 1. The number of carbonyl (C=O) groups excluding carboxylic acids is 1. The summed E-state index contributed by atoms with van der Waals surface area (Å²) < 4.78 is 0. The van der Waals surface area contributed by atoms with E-state index in [9.17, 15) is 9.90 Å². The molecular formula is C13H18ClNO3. The number of halogens is 1. The first-order chi connectivity index (χ1) is 8.35. The number of rotatable bonds is 5. The van der Waals surface area contributed by atoms with Crippen molar-refractivity contribution in [3.8, 4) is 5.75 Å². The Kier molecular flexibility index (Phi) is 4.99. The molecule has 1 aromatic carbocycles. The number of benzene rings is 1. The molecule has 4 nitrogen and oxygen atoms in total. The van der Waals surface area contributed by atoms with Gasteiger partial charge in [-0.2, -0.15) is 0 Å². The molecule has 0 unspecified atom stereocenters. The van der Waals surface area contributed by atoms with E-state index in [1.165, 1.54) is 18.2 Å². The molecule has 1 rings (SSSR count). The lowest BCUT2D eigenvalue weighted by atomic mass is 9.89. The van der Waals surface area contributed by atoms with Crippen LogP contribution in [0.3, 0.4) is 0 Å². The van der Waals surface area contributed by atoms with Gasteiger partial charge in [0.05, 0.1) is 10.6 Å². The molecule has 0 saturated heterocycles. The second kappa shape index (κ2) is 6.07. The Balaban J connectivity index is 2.69. The van der Waals surface area contributed by atoms with Gasteiger partial charge < -0.3 is 15.5 Å². The van der Waals surface area contributed by atoms with Gasteiger partial charge in [-0.3, -0.25) is 4.79 Å². The zero-order valence-electron chi connectivity index (χ0n) is 10.5. The molecule has 0 spiro atoms. The molecule has 18 heavy (non-hydrogen) atoms. The highest BCUT2D eigenvalue weighted by molar-refractivity contribution is 6.33. The van der Waals surface area contributed by atoms with E-state index >= 15 is 0 Å². The van der Waals surface area contributed by atoms with Crippen LogP contribution in [0.1, 0.15) is 30.6 Å². The third kappa shape index (κ3) is 4.20. The Bertz CT molecular complexity index is 432. The van der Waals surface area contributed by atoms with Gasteiger partial charge >= 0.3 is 0 Å². The number of aliphatic hydroxyl groups is 1. The van der Waals surface area contributed by atoms with E-state index in [1.807, 2.05) is 13.8 Å². The van der Waals surface area contributed by atoms with Crippen molar-refractivity contribution < 1.29 is 15.0 Å². The lowest BCUT2D eigenvalue weighted by Gasteiger charge is -2.23. The summed E-state index contributed by atoms with van der Waals surface area (Å²) in [6.07, 6.45) is 0.598. The van der Waals surface area contributed by atoms with Crippen LogP contribution >= 0.6 is 11.6 Å². The van der Waals surface area contributed by atoms with E-state index in [0.717, 1.165) is 0 Å². The molecule has 0 aliphatic carbocycles. The summed E-state index contributed by atoms with van der Waals surface area (Å²) in [6.45, 7) is 4.41. The fraction of sp³-hybridized carbons (Fsp3) is 0.462. The molecule has 1 amide bonds. The molecule has 0 aliphatic heterocycles. The van der Waals surface area contributed by atoms with Crippen LogP contribution in [0, 0.1) is 5.41 Å². The monoisotopic (exact) mass is 271 g/mol. The topological polar surface area (TPSA) is 69.6 Å². The van der Waals surface area contributed by atoms with Crippen LogP contribution in [0.4, 0.5) is 0 Å². The van der Waals surface area contributed by atoms with Crippen molar-refractivity contribution in [2.45, 2.75) is 20.3 Å². The lowest BCUT2D eigenvalue weighted by molar-refractivity contribution is 0.0928. The van der Waals surface area contributed by atoms with E-state index < -0.39 is 0 Å². The maximum Gasteiger partial charge on any atom is 0.252 e. The van der Waals surface area contributed by atoms with Gasteiger partial charge in [0.1, 0.15) is 5.75 Å². The Labute approximate surface area is 112 Å². The maximum atomic E-state index is 11.9. The van der Waals surface area contributed by atoms with Gasteiger partial charge in [-0.15, -0.1) is 0 Å². The summed E-state index contributed by atoms with van der Waals surface area (Å²) in [5, 5.41) is 21.3. The number of phenolic OH excluding ortho intramolecular Hbond substituents is 1. The van der Waals surface area contributed by atoms with Crippen LogP contribution in [-0.2, 0) is 0 Å². The van der Waals surface area contributed by atoms with E-state index in [4.69, 9.17) is 16.7 Å². The first-order valence-electron chi connectivity index (χ1n) is 5.73. The third-order valence-electron chi connectivity index (χ3n) is 2.71. The zero-order valence-corrected chi connectivity index (χ0v) is 11.3. The number of phenols is 1. The maximum absolute atomic E-state index is 11.9. The van der Waals surface area contributed by atoms with Gasteiger partial charge in [0.2, 0.25) is 0 Å². The molecule has 0 atom stereocenters. The van der Waals surface area contributed by atoms with Crippen molar-refractivity contribution in [1.82, 2.24) is 5.32 Å². The van der Waals surface area contributed by atoms with Crippen LogP contribution in [-0.4, -0.2) is 29.3 Å². The van der Waals surface area contributed by atoms with Gasteiger partial charge in [-0.25, -0.2) is 0 Å². The number of aliphatic hydroxyl groups excluding tert-OH is 1. The first kappa shape index (κ1) is 14.8. The largest absolute Gasteiger partial charge is 0.508 e. The fourth-order valence-electron chi connectivity index (χ4n) is 1.49. The van der Waals surface area contributed by atoms with E-state index in [-0.39, 0.29) is 29.2 Å². The molecule has 5 heteroatoms. The summed E-state index contributed by atoms with van der Waals surface area (Å²) >= 11 is 5.89. The minimum Gasteiger partial charge on any atom is -0.508 e. The summed E-state index contributed by atoms with van der Waals surface area (Å²) in [5.41, 5.74) is 0.0599. The molecule has 3 N–H and O–H groups in total. The fourth-order valence-corrected chi connectivity index (χ4v) is 1.70. The number of nitrogens with one attached hydrogen (secondary N) is 1. The molecule has 0 saturated carbocycles. The van der Waals surface area contributed by atoms with Crippen LogP contribution in [0.25, 0.3) is 0 Å². The molecule has 0 radical (unpaired) electrons. The number of amides is 1. The predicted octanol–water partition coefficient (Wildman–Crippen LogP) is 2.18. The molecule has 1 aromatic rings. The molecule has 100 valence electrons. The van der Waals surface area contributed by atoms with Crippen LogP contribution < -0.4 is 5.32 Å². The van der Waals surface area contributed by atoms with E-state index in [0.29, 0.717) is 18.0 Å². The van der Waals surface area contributed by atoms with Gasteiger partial charge in [0.15, 0.2) is 0 Å². The SMILES string of the molecule is CC(C)(CCO)CNC(=O)c1cc(O)ccc1Cl. The number of aromatic hydroxyl groups is 1. The summed E-state index contributed by atoms with van der Waals surface area (Å²) in [4.78, 5) is 11.9. The van der Waals surface area contributed by atoms with Crippen molar-refractivity contribution in [1.29, 1.82) is 0 Å². The average molecular weight is 272 g/mol. The van der Waals surface area contributed by atoms with Crippen LogP contribution in [0.5, 0.6) is 5.75 Å². The molecular weight excluding hydrogens is 254 g/mol. The third-order valence-corrected chi connectivity index (χ3v) is 3.04. The minimum atomic E-state index is -0.332. The normalized spacial score (nSPS) is 11.3.